The first kappa shape index (κ1) is 15.1. The molecule has 1 aromatic carbocycles. The maximum Gasteiger partial charge on any atom is 0.325 e. The predicted molar refractivity (Wildman–Crippen MR) is 77.8 cm³/mol. The Bertz CT molecular complexity index is 628. The topological polar surface area (TPSA) is 72.4 Å². The number of amides is 1. The minimum absolute atomic E-state index is 0.124. The molecule has 21 heavy (non-hydrogen) atoms. The predicted octanol–water partition coefficient (Wildman–Crippen LogP) is 1.66. The summed E-state index contributed by atoms with van der Waals surface area (Å²) in [4.78, 5) is 25.3. The lowest BCUT2D eigenvalue weighted by molar-refractivity contribution is -0.141. The van der Waals surface area contributed by atoms with Gasteiger partial charge in [-0.05, 0) is 29.6 Å². The van der Waals surface area contributed by atoms with Gasteiger partial charge in [-0.25, -0.2) is 0 Å². The van der Waals surface area contributed by atoms with Crippen LogP contribution >= 0.6 is 11.5 Å². The number of ether oxygens (including phenoxy) is 1. The van der Waals surface area contributed by atoms with Crippen LogP contribution in [0.1, 0.15) is 21.6 Å². The van der Waals surface area contributed by atoms with E-state index in [1.165, 1.54) is 12.0 Å². The molecular formula is C14H15N3O3S. The molecule has 110 valence electrons. The van der Waals surface area contributed by atoms with E-state index in [-0.39, 0.29) is 18.1 Å². The van der Waals surface area contributed by atoms with E-state index in [0.717, 1.165) is 22.7 Å². The van der Waals surface area contributed by atoms with Gasteiger partial charge in [-0.15, -0.1) is 5.10 Å². The van der Waals surface area contributed by atoms with Gasteiger partial charge in [-0.3, -0.25) is 9.59 Å². The van der Waals surface area contributed by atoms with Crippen LogP contribution in [-0.2, 0) is 16.1 Å². The number of hydrogen-bond acceptors (Lipinski definition) is 6. The number of benzene rings is 1. The van der Waals surface area contributed by atoms with Gasteiger partial charge >= 0.3 is 5.97 Å². The quantitative estimate of drug-likeness (QED) is 0.786. The molecule has 0 aliphatic rings. The van der Waals surface area contributed by atoms with Crippen LogP contribution in [0, 0.1) is 6.92 Å². The van der Waals surface area contributed by atoms with E-state index >= 15 is 0 Å². The van der Waals surface area contributed by atoms with Crippen molar-refractivity contribution in [2.24, 2.45) is 0 Å². The average Bonchev–Trinajstić information content (AvgIpc) is 3.02. The van der Waals surface area contributed by atoms with Crippen molar-refractivity contribution in [2.45, 2.75) is 13.5 Å². The van der Waals surface area contributed by atoms with E-state index in [1.807, 2.05) is 31.2 Å². The molecule has 1 amide bonds. The lowest BCUT2D eigenvalue weighted by Crippen LogP contribution is -2.36. The zero-order valence-corrected chi connectivity index (χ0v) is 12.6. The van der Waals surface area contributed by atoms with Gasteiger partial charge in [0.15, 0.2) is 5.69 Å². The summed E-state index contributed by atoms with van der Waals surface area (Å²) >= 11 is 1.09. The molecule has 0 saturated heterocycles. The number of carbonyl (C=O) groups excluding carboxylic acids is 2. The Balaban J connectivity index is 2.22. The number of aryl methyl sites for hydroxylation is 1. The normalized spacial score (nSPS) is 10.2. The van der Waals surface area contributed by atoms with Crippen molar-refractivity contribution in [1.29, 1.82) is 0 Å². The molecular weight excluding hydrogens is 290 g/mol. The maximum absolute atomic E-state index is 12.4. The third kappa shape index (κ3) is 3.85. The van der Waals surface area contributed by atoms with E-state index in [2.05, 4.69) is 14.3 Å². The number of aromatic nitrogens is 2. The minimum Gasteiger partial charge on any atom is -0.468 e. The molecule has 0 aliphatic heterocycles. The molecule has 2 rings (SSSR count). The molecule has 2 aromatic rings. The lowest BCUT2D eigenvalue weighted by atomic mass is 10.1. The largest absolute Gasteiger partial charge is 0.468 e. The highest BCUT2D eigenvalue weighted by molar-refractivity contribution is 7.03. The number of hydrogen-bond donors (Lipinski definition) is 0. The van der Waals surface area contributed by atoms with Crippen molar-refractivity contribution in [3.8, 4) is 0 Å². The SMILES string of the molecule is COC(=O)CN(Cc1ccccc1C)C(=O)c1csnn1. The Morgan fingerprint density at radius 3 is 2.71 bits per heavy atom. The number of methoxy groups -OCH3 is 1. The molecule has 0 radical (unpaired) electrons. The van der Waals surface area contributed by atoms with Gasteiger partial charge in [0.2, 0.25) is 0 Å². The van der Waals surface area contributed by atoms with E-state index < -0.39 is 5.97 Å². The van der Waals surface area contributed by atoms with Crippen LogP contribution in [0.5, 0.6) is 0 Å². The molecule has 0 aliphatic carbocycles. The molecule has 0 N–H and O–H groups in total. The fourth-order valence-electron chi connectivity index (χ4n) is 1.83. The van der Waals surface area contributed by atoms with Crippen molar-refractivity contribution in [1.82, 2.24) is 14.5 Å². The second-order valence-electron chi connectivity index (χ2n) is 4.45. The molecule has 1 aromatic heterocycles. The van der Waals surface area contributed by atoms with E-state index in [4.69, 9.17) is 0 Å². The second-order valence-corrected chi connectivity index (χ2v) is 5.06. The van der Waals surface area contributed by atoms with Gasteiger partial charge in [0.05, 0.1) is 7.11 Å². The van der Waals surface area contributed by atoms with Crippen LogP contribution in [0.2, 0.25) is 0 Å². The average molecular weight is 305 g/mol. The van der Waals surface area contributed by atoms with Crippen LogP contribution in [0.25, 0.3) is 0 Å². The summed E-state index contributed by atoms with van der Waals surface area (Å²) in [6, 6.07) is 7.70. The first-order valence-electron chi connectivity index (χ1n) is 6.29. The third-order valence-electron chi connectivity index (χ3n) is 3.04. The summed E-state index contributed by atoms with van der Waals surface area (Å²) in [6.07, 6.45) is 0. The number of rotatable bonds is 5. The van der Waals surface area contributed by atoms with Crippen LogP contribution in [0.4, 0.5) is 0 Å². The summed E-state index contributed by atoms with van der Waals surface area (Å²) < 4.78 is 8.33. The summed E-state index contributed by atoms with van der Waals surface area (Å²) in [5, 5.41) is 5.32. The van der Waals surface area contributed by atoms with Gasteiger partial charge in [-0.2, -0.15) is 0 Å². The van der Waals surface area contributed by atoms with Crippen molar-refractivity contribution in [2.75, 3.05) is 13.7 Å². The minimum atomic E-state index is -0.472. The summed E-state index contributed by atoms with van der Waals surface area (Å²) in [7, 11) is 1.29. The fourth-order valence-corrected chi connectivity index (χ4v) is 2.26. The molecule has 0 unspecified atom stereocenters. The molecule has 0 saturated carbocycles. The molecule has 0 atom stereocenters. The summed E-state index contributed by atoms with van der Waals surface area (Å²) in [5.41, 5.74) is 2.26. The Hall–Kier alpha value is -2.28. The standard InChI is InChI=1S/C14H15N3O3S/c1-10-5-3-4-6-11(10)7-17(8-13(18)20-2)14(19)12-9-21-16-15-12/h3-6,9H,7-8H2,1-2H3. The maximum atomic E-state index is 12.4. The number of carbonyl (C=O) groups is 2. The van der Waals surface area contributed by atoms with Crippen molar-refractivity contribution >= 4 is 23.4 Å². The highest BCUT2D eigenvalue weighted by Gasteiger charge is 2.22. The van der Waals surface area contributed by atoms with Crippen LogP contribution in [0.15, 0.2) is 29.6 Å². The summed E-state index contributed by atoms with van der Waals surface area (Å²) in [5.74, 6) is -0.808. The van der Waals surface area contributed by atoms with Gasteiger partial charge in [0.1, 0.15) is 6.54 Å². The van der Waals surface area contributed by atoms with Crippen LogP contribution in [0.3, 0.4) is 0 Å². The highest BCUT2D eigenvalue weighted by Crippen LogP contribution is 2.13. The Kier molecular flexibility index (Phi) is 4.99. The Morgan fingerprint density at radius 1 is 1.33 bits per heavy atom. The lowest BCUT2D eigenvalue weighted by Gasteiger charge is -2.21. The van der Waals surface area contributed by atoms with Crippen molar-refractivity contribution < 1.29 is 14.3 Å². The third-order valence-corrected chi connectivity index (χ3v) is 3.54. The molecule has 0 bridgehead atoms. The van der Waals surface area contributed by atoms with E-state index in [1.54, 1.807) is 5.38 Å². The monoisotopic (exact) mass is 305 g/mol. The Morgan fingerprint density at radius 2 is 2.10 bits per heavy atom. The van der Waals surface area contributed by atoms with Gasteiger partial charge in [0, 0.05) is 11.9 Å². The van der Waals surface area contributed by atoms with Crippen LogP contribution in [-0.4, -0.2) is 40.0 Å². The zero-order chi connectivity index (χ0) is 15.2. The second kappa shape index (κ2) is 6.94. The Labute approximate surface area is 126 Å². The highest BCUT2D eigenvalue weighted by atomic mass is 32.1. The first-order chi connectivity index (χ1) is 10.1. The first-order valence-corrected chi connectivity index (χ1v) is 7.13. The van der Waals surface area contributed by atoms with E-state index in [0.29, 0.717) is 6.54 Å². The summed E-state index contributed by atoms with van der Waals surface area (Å²) in [6.45, 7) is 2.15. The molecule has 7 heteroatoms. The van der Waals surface area contributed by atoms with Crippen LogP contribution < -0.4 is 0 Å². The molecule has 0 spiro atoms. The smallest absolute Gasteiger partial charge is 0.325 e. The van der Waals surface area contributed by atoms with Crippen molar-refractivity contribution in [3.05, 3.63) is 46.5 Å². The number of nitrogens with zero attached hydrogens (tertiary/aromatic N) is 3. The van der Waals surface area contributed by atoms with Gasteiger partial charge in [-0.1, -0.05) is 28.8 Å². The fraction of sp³-hybridized carbons (Fsp3) is 0.286. The van der Waals surface area contributed by atoms with Gasteiger partial charge in [0.25, 0.3) is 5.91 Å². The molecule has 1 heterocycles. The molecule has 0 fully saturated rings. The van der Waals surface area contributed by atoms with Crippen molar-refractivity contribution in [3.63, 3.8) is 0 Å². The number of esters is 1. The van der Waals surface area contributed by atoms with Gasteiger partial charge < -0.3 is 9.64 Å². The zero-order valence-electron chi connectivity index (χ0n) is 11.8. The molecule has 6 nitrogen and oxygen atoms in total. The van der Waals surface area contributed by atoms with E-state index in [9.17, 15) is 9.59 Å².